The minimum absolute atomic E-state index is 0.00773. The lowest BCUT2D eigenvalue weighted by atomic mass is 10.2. The molecule has 0 unspecified atom stereocenters. The molecule has 1 aromatic rings. The third-order valence-corrected chi connectivity index (χ3v) is 3.69. The summed E-state index contributed by atoms with van der Waals surface area (Å²) in [7, 11) is 1.80. The molecule has 0 spiro atoms. The maximum atomic E-state index is 12.4. The van der Waals surface area contributed by atoms with Crippen LogP contribution in [0.2, 0.25) is 0 Å². The van der Waals surface area contributed by atoms with Crippen LogP contribution in [-0.4, -0.2) is 58.7 Å². The molecule has 110 valence electrons. The molecule has 6 nitrogen and oxygen atoms in total. The maximum absolute atomic E-state index is 12.4. The Morgan fingerprint density at radius 3 is 2.60 bits per heavy atom. The van der Waals surface area contributed by atoms with Crippen LogP contribution in [0, 0.1) is 0 Å². The second kappa shape index (κ2) is 7.19. The first-order valence-electron chi connectivity index (χ1n) is 7.11. The van der Waals surface area contributed by atoms with Crippen molar-refractivity contribution >= 4 is 11.9 Å². The predicted molar refractivity (Wildman–Crippen MR) is 76.4 cm³/mol. The number of rotatable bonds is 6. The van der Waals surface area contributed by atoms with Crippen LogP contribution in [0.1, 0.15) is 25.7 Å². The fourth-order valence-corrected chi connectivity index (χ4v) is 2.69. The summed E-state index contributed by atoms with van der Waals surface area (Å²) in [6.07, 6.45) is 7.72. The molecule has 0 atom stereocenters. The number of carbonyl (C=O) groups is 1. The van der Waals surface area contributed by atoms with Gasteiger partial charge >= 0.3 is 0 Å². The van der Waals surface area contributed by atoms with E-state index in [1.807, 2.05) is 4.90 Å². The standard InChI is InChI=1S/C14H22N4O2/c1-17(14-15-7-4-8-16-14)11-13(20)18(9-10-19)12-5-2-3-6-12/h4,7-8,12,19H,2-3,5-6,9-11H2,1H3. The van der Waals surface area contributed by atoms with Gasteiger partial charge in [0.05, 0.1) is 13.2 Å². The van der Waals surface area contributed by atoms with E-state index in [0.29, 0.717) is 12.5 Å². The number of anilines is 1. The van der Waals surface area contributed by atoms with E-state index in [9.17, 15) is 4.79 Å². The Bertz CT molecular complexity index is 420. The predicted octanol–water partition coefficient (Wildman–Crippen LogP) is 0.676. The molecule has 1 fully saturated rings. The summed E-state index contributed by atoms with van der Waals surface area (Å²) in [5.41, 5.74) is 0. The fraction of sp³-hybridized carbons (Fsp3) is 0.643. The van der Waals surface area contributed by atoms with Gasteiger partial charge in [0.1, 0.15) is 0 Å². The number of amides is 1. The van der Waals surface area contributed by atoms with Crippen LogP contribution in [0.5, 0.6) is 0 Å². The average Bonchev–Trinajstić information content (AvgIpc) is 2.99. The normalized spacial score (nSPS) is 15.3. The molecule has 1 aliphatic rings. The molecular weight excluding hydrogens is 256 g/mol. The molecule has 0 aromatic carbocycles. The zero-order valence-corrected chi connectivity index (χ0v) is 11.9. The molecule has 1 aromatic heterocycles. The van der Waals surface area contributed by atoms with E-state index in [2.05, 4.69) is 9.97 Å². The summed E-state index contributed by atoms with van der Waals surface area (Å²) in [6.45, 7) is 0.654. The van der Waals surface area contributed by atoms with E-state index in [4.69, 9.17) is 5.11 Å². The molecule has 1 saturated carbocycles. The van der Waals surface area contributed by atoms with E-state index < -0.39 is 0 Å². The van der Waals surface area contributed by atoms with Crippen molar-refractivity contribution in [2.45, 2.75) is 31.7 Å². The zero-order valence-electron chi connectivity index (χ0n) is 11.9. The summed E-state index contributed by atoms with van der Waals surface area (Å²) >= 11 is 0. The summed E-state index contributed by atoms with van der Waals surface area (Å²) in [6, 6.07) is 2.02. The Morgan fingerprint density at radius 2 is 2.00 bits per heavy atom. The quantitative estimate of drug-likeness (QED) is 0.828. The molecule has 0 radical (unpaired) electrons. The van der Waals surface area contributed by atoms with Crippen LogP contribution in [0.3, 0.4) is 0 Å². The van der Waals surface area contributed by atoms with Gasteiger partial charge in [0.15, 0.2) is 0 Å². The SMILES string of the molecule is CN(CC(=O)N(CCO)C1CCCC1)c1ncccn1. The lowest BCUT2D eigenvalue weighted by Crippen LogP contribution is -2.45. The third-order valence-electron chi connectivity index (χ3n) is 3.69. The van der Waals surface area contributed by atoms with Crippen LogP contribution in [0.15, 0.2) is 18.5 Å². The number of hydrogen-bond acceptors (Lipinski definition) is 5. The Labute approximate surface area is 119 Å². The van der Waals surface area contributed by atoms with E-state index in [1.54, 1.807) is 30.4 Å². The van der Waals surface area contributed by atoms with Crippen molar-refractivity contribution in [1.29, 1.82) is 0 Å². The van der Waals surface area contributed by atoms with Gasteiger partial charge in [-0.15, -0.1) is 0 Å². The highest BCUT2D eigenvalue weighted by molar-refractivity contribution is 5.81. The number of hydrogen-bond donors (Lipinski definition) is 1. The van der Waals surface area contributed by atoms with Crippen LogP contribution >= 0.6 is 0 Å². The van der Waals surface area contributed by atoms with Gasteiger partial charge in [-0.1, -0.05) is 12.8 Å². The molecule has 6 heteroatoms. The molecule has 1 heterocycles. The van der Waals surface area contributed by atoms with Gasteiger partial charge in [0.2, 0.25) is 11.9 Å². The van der Waals surface area contributed by atoms with Gasteiger partial charge in [-0.05, 0) is 18.9 Å². The first kappa shape index (κ1) is 14.7. The Morgan fingerprint density at radius 1 is 1.35 bits per heavy atom. The smallest absolute Gasteiger partial charge is 0.242 e. The van der Waals surface area contributed by atoms with Crippen molar-refractivity contribution in [3.63, 3.8) is 0 Å². The molecule has 1 N–H and O–H groups in total. The first-order valence-corrected chi connectivity index (χ1v) is 7.11. The highest BCUT2D eigenvalue weighted by Gasteiger charge is 2.26. The van der Waals surface area contributed by atoms with E-state index in [0.717, 1.165) is 25.7 Å². The largest absolute Gasteiger partial charge is 0.395 e. The molecule has 0 aliphatic heterocycles. The number of carbonyl (C=O) groups excluding carboxylic acids is 1. The molecule has 0 saturated heterocycles. The topological polar surface area (TPSA) is 69.6 Å². The molecule has 2 rings (SSSR count). The van der Waals surface area contributed by atoms with Gasteiger partial charge in [0, 0.05) is 32.0 Å². The van der Waals surface area contributed by atoms with Gasteiger partial charge in [-0.25, -0.2) is 9.97 Å². The summed E-state index contributed by atoms with van der Waals surface area (Å²) in [5.74, 6) is 0.567. The van der Waals surface area contributed by atoms with Crippen molar-refractivity contribution in [2.75, 3.05) is 31.6 Å². The number of aromatic nitrogens is 2. The highest BCUT2D eigenvalue weighted by atomic mass is 16.3. The van der Waals surface area contributed by atoms with Gasteiger partial charge < -0.3 is 14.9 Å². The van der Waals surface area contributed by atoms with E-state index >= 15 is 0 Å². The monoisotopic (exact) mass is 278 g/mol. The number of aliphatic hydroxyl groups is 1. The maximum Gasteiger partial charge on any atom is 0.242 e. The summed E-state index contributed by atoms with van der Waals surface area (Å²) < 4.78 is 0. The van der Waals surface area contributed by atoms with E-state index in [1.165, 1.54) is 0 Å². The minimum atomic E-state index is 0.00773. The van der Waals surface area contributed by atoms with Crippen LogP contribution < -0.4 is 4.90 Å². The molecular formula is C14H22N4O2. The molecule has 1 amide bonds. The summed E-state index contributed by atoms with van der Waals surface area (Å²) in [5, 5.41) is 9.16. The van der Waals surface area contributed by atoms with Crippen LogP contribution in [-0.2, 0) is 4.79 Å². The summed E-state index contributed by atoms with van der Waals surface area (Å²) in [4.78, 5) is 24.2. The second-order valence-corrected chi connectivity index (χ2v) is 5.15. The highest BCUT2D eigenvalue weighted by Crippen LogP contribution is 2.23. The zero-order chi connectivity index (χ0) is 14.4. The van der Waals surface area contributed by atoms with Crippen molar-refractivity contribution in [2.24, 2.45) is 0 Å². The minimum Gasteiger partial charge on any atom is -0.395 e. The average molecular weight is 278 g/mol. The Hall–Kier alpha value is -1.69. The Balaban J connectivity index is 1.97. The van der Waals surface area contributed by atoms with E-state index in [-0.39, 0.29) is 25.1 Å². The number of nitrogens with zero attached hydrogens (tertiary/aromatic N) is 4. The van der Waals surface area contributed by atoms with Crippen molar-refractivity contribution in [1.82, 2.24) is 14.9 Å². The fourth-order valence-electron chi connectivity index (χ4n) is 2.69. The lowest BCUT2D eigenvalue weighted by molar-refractivity contribution is -0.132. The number of aliphatic hydroxyl groups excluding tert-OH is 1. The Kier molecular flexibility index (Phi) is 5.29. The van der Waals surface area contributed by atoms with Crippen LogP contribution in [0.4, 0.5) is 5.95 Å². The van der Waals surface area contributed by atoms with Gasteiger partial charge in [-0.2, -0.15) is 0 Å². The lowest BCUT2D eigenvalue weighted by Gasteiger charge is -2.30. The van der Waals surface area contributed by atoms with Crippen LogP contribution in [0.25, 0.3) is 0 Å². The van der Waals surface area contributed by atoms with Crippen molar-refractivity contribution < 1.29 is 9.90 Å². The van der Waals surface area contributed by atoms with Crippen molar-refractivity contribution in [3.05, 3.63) is 18.5 Å². The first-order chi connectivity index (χ1) is 9.72. The second-order valence-electron chi connectivity index (χ2n) is 5.15. The molecule has 0 bridgehead atoms. The molecule has 1 aliphatic carbocycles. The van der Waals surface area contributed by atoms with Gasteiger partial charge in [0.25, 0.3) is 0 Å². The van der Waals surface area contributed by atoms with Gasteiger partial charge in [-0.3, -0.25) is 4.79 Å². The van der Waals surface area contributed by atoms with Crippen molar-refractivity contribution in [3.8, 4) is 0 Å². The molecule has 20 heavy (non-hydrogen) atoms. The third kappa shape index (κ3) is 3.66. The number of likely N-dealkylation sites (N-methyl/N-ethyl adjacent to an activating group) is 1.